The average molecular weight is 600 g/mol. The van der Waals surface area contributed by atoms with Gasteiger partial charge in [0.25, 0.3) is 5.96 Å². The highest BCUT2D eigenvalue weighted by Crippen LogP contribution is 2.29. The van der Waals surface area contributed by atoms with Gasteiger partial charge in [-0.2, -0.15) is 10.1 Å². The monoisotopic (exact) mass is 599 g/mol. The number of pyridine rings is 1. The Hall–Kier alpha value is -4.01. The molecule has 0 amide bonds. The van der Waals surface area contributed by atoms with Gasteiger partial charge in [-0.3, -0.25) is 0 Å². The number of aromatic nitrogens is 3. The number of aryl methyl sites for hydroxylation is 3. The van der Waals surface area contributed by atoms with Crippen LogP contribution in [0.25, 0.3) is 0 Å². The van der Waals surface area contributed by atoms with Gasteiger partial charge in [-0.05, 0) is 76.4 Å². The molecule has 0 fully saturated rings. The summed E-state index contributed by atoms with van der Waals surface area (Å²) in [5.41, 5.74) is 4.78. The molecule has 9 nitrogen and oxygen atoms in total. The van der Waals surface area contributed by atoms with Crippen LogP contribution in [-0.2, 0) is 0 Å². The van der Waals surface area contributed by atoms with E-state index in [1.165, 1.54) is 32.1 Å². The van der Waals surface area contributed by atoms with Gasteiger partial charge in [-0.1, -0.05) is 52.9 Å². The molecule has 0 atom stereocenters. The Bertz CT molecular complexity index is 1500. The number of nitrogens with zero attached hydrogens (tertiary/aromatic N) is 7. The molecule has 3 aromatic rings. The van der Waals surface area contributed by atoms with Crippen molar-refractivity contribution < 1.29 is 9.47 Å². The van der Waals surface area contributed by atoms with E-state index in [0.29, 0.717) is 35.8 Å². The molecule has 0 spiro atoms. The number of rotatable bonds is 15. The summed E-state index contributed by atoms with van der Waals surface area (Å²) >= 11 is 0. The van der Waals surface area contributed by atoms with Crippen molar-refractivity contribution in [3.8, 4) is 11.5 Å². The summed E-state index contributed by atoms with van der Waals surface area (Å²) in [6, 6.07) is 11.9. The van der Waals surface area contributed by atoms with Crippen LogP contribution in [0.2, 0.25) is 0 Å². The first-order chi connectivity index (χ1) is 21.2. The number of ether oxygens (including phenoxy) is 2. The maximum Gasteiger partial charge on any atom is 0.253 e. The minimum absolute atomic E-state index is 0.459. The van der Waals surface area contributed by atoms with E-state index in [1.807, 2.05) is 57.2 Å². The molecule has 0 radical (unpaired) electrons. The van der Waals surface area contributed by atoms with Crippen molar-refractivity contribution in [3.05, 3.63) is 59.0 Å². The van der Waals surface area contributed by atoms with Gasteiger partial charge in [0.1, 0.15) is 23.0 Å². The first-order valence-electron chi connectivity index (χ1n) is 16.1. The lowest BCUT2D eigenvalue weighted by molar-refractivity contribution is 0.303. The molecule has 1 aliphatic rings. The van der Waals surface area contributed by atoms with Gasteiger partial charge in [0.15, 0.2) is 5.84 Å². The fraction of sp³-hybridized carbons (Fsp3) is 0.514. The zero-order valence-corrected chi connectivity index (χ0v) is 27.9. The van der Waals surface area contributed by atoms with Crippen LogP contribution in [0, 0.1) is 26.7 Å². The lowest BCUT2D eigenvalue weighted by atomic mass is 10.1. The molecular weight excluding hydrogens is 550 g/mol. The van der Waals surface area contributed by atoms with Gasteiger partial charge in [-0.15, -0.1) is 0 Å². The molecule has 0 bridgehead atoms. The highest BCUT2D eigenvalue weighted by molar-refractivity contribution is 6.53. The predicted molar refractivity (Wildman–Crippen MR) is 182 cm³/mol. The van der Waals surface area contributed by atoms with E-state index in [0.717, 1.165) is 59.4 Å². The second kappa shape index (κ2) is 15.6. The number of anilines is 1. The lowest BCUT2D eigenvalue weighted by Crippen LogP contribution is -2.28. The summed E-state index contributed by atoms with van der Waals surface area (Å²) < 4.78 is 13.7. The van der Waals surface area contributed by atoms with Crippen LogP contribution in [0.15, 0.2) is 51.4 Å². The van der Waals surface area contributed by atoms with Crippen LogP contribution in [0.3, 0.4) is 0 Å². The molecule has 1 aliphatic heterocycles. The largest absolute Gasteiger partial charge is 0.496 e. The highest BCUT2D eigenvalue weighted by atomic mass is 16.5. The third-order valence-corrected chi connectivity index (χ3v) is 7.58. The van der Waals surface area contributed by atoms with Gasteiger partial charge < -0.3 is 14.4 Å². The number of hydrogen-bond acceptors (Lipinski definition) is 7. The first-order valence-corrected chi connectivity index (χ1v) is 16.1. The standard InChI is InChI=1S/C35H49N7O2/c1-9-11-12-13-14-15-20-44-28-16-18-31(43-8)29(22-28)33-34(39-35(38-33)42-26(6)21-25(5)40-42)37-30-17-19-32(36-27(30)7)41(10-2)23-24(3)4/h16-19,21-22,24H,9-15,20,23H2,1-8H3. The van der Waals surface area contributed by atoms with E-state index in [-0.39, 0.29) is 0 Å². The van der Waals surface area contributed by atoms with Crippen molar-refractivity contribution >= 4 is 29.0 Å². The molecule has 44 heavy (non-hydrogen) atoms. The summed E-state index contributed by atoms with van der Waals surface area (Å²) in [5, 5.41) is 4.63. The fourth-order valence-corrected chi connectivity index (χ4v) is 5.32. The number of methoxy groups -OCH3 is 1. The van der Waals surface area contributed by atoms with Gasteiger partial charge in [0.2, 0.25) is 0 Å². The van der Waals surface area contributed by atoms with E-state index in [2.05, 4.69) is 37.7 Å². The second-order valence-electron chi connectivity index (χ2n) is 11.8. The molecular formula is C35H49N7O2. The molecule has 0 N–H and O–H groups in total. The smallest absolute Gasteiger partial charge is 0.253 e. The van der Waals surface area contributed by atoms with E-state index in [9.17, 15) is 0 Å². The van der Waals surface area contributed by atoms with Crippen LogP contribution in [0.4, 0.5) is 11.5 Å². The maximum absolute atomic E-state index is 6.17. The molecule has 2 aromatic heterocycles. The number of amidine groups is 1. The Morgan fingerprint density at radius 3 is 2.36 bits per heavy atom. The van der Waals surface area contributed by atoms with Crippen molar-refractivity contribution in [1.82, 2.24) is 14.8 Å². The molecule has 4 rings (SSSR count). The van der Waals surface area contributed by atoms with Crippen LogP contribution in [-0.4, -0.2) is 59.1 Å². The van der Waals surface area contributed by atoms with Crippen molar-refractivity contribution in [3.63, 3.8) is 0 Å². The molecule has 1 aromatic carbocycles. The minimum atomic E-state index is 0.459. The van der Waals surface area contributed by atoms with Crippen molar-refractivity contribution in [1.29, 1.82) is 0 Å². The molecule has 236 valence electrons. The highest BCUT2D eigenvalue weighted by Gasteiger charge is 2.26. The third kappa shape index (κ3) is 8.33. The summed E-state index contributed by atoms with van der Waals surface area (Å²) in [7, 11) is 1.66. The predicted octanol–water partition coefficient (Wildman–Crippen LogP) is 7.87. The summed E-state index contributed by atoms with van der Waals surface area (Å²) in [5.74, 6) is 3.87. The SMILES string of the molecule is CCCCCCCCOc1ccc(OC)c(C2=NC(n3nc(C)cc3C)=NC2=Nc2ccc(N(CC)CC(C)C)nc2C)c1. The number of aliphatic imine (C=N–C) groups is 3. The minimum Gasteiger partial charge on any atom is -0.496 e. The van der Waals surface area contributed by atoms with Crippen LogP contribution in [0.5, 0.6) is 11.5 Å². The Balaban J connectivity index is 1.68. The van der Waals surface area contributed by atoms with Crippen LogP contribution in [0.1, 0.15) is 88.9 Å². The van der Waals surface area contributed by atoms with Crippen molar-refractivity contribution in [2.75, 3.05) is 31.7 Å². The number of benzene rings is 1. The molecule has 3 heterocycles. The summed E-state index contributed by atoms with van der Waals surface area (Å²) in [6.07, 6.45) is 7.28. The van der Waals surface area contributed by atoms with Crippen molar-refractivity contribution in [2.45, 2.75) is 87.0 Å². The number of unbranched alkanes of at least 4 members (excludes halogenated alkanes) is 5. The van der Waals surface area contributed by atoms with Gasteiger partial charge in [-0.25, -0.2) is 19.7 Å². The molecule has 0 saturated carbocycles. The van der Waals surface area contributed by atoms with Crippen LogP contribution >= 0.6 is 0 Å². The Morgan fingerprint density at radius 1 is 0.932 bits per heavy atom. The van der Waals surface area contributed by atoms with Gasteiger partial charge >= 0.3 is 0 Å². The lowest BCUT2D eigenvalue weighted by Gasteiger charge is -2.24. The topological polar surface area (TPSA) is 89.5 Å². The van der Waals surface area contributed by atoms with Gasteiger partial charge in [0, 0.05) is 24.3 Å². The van der Waals surface area contributed by atoms with Gasteiger partial charge in [0.05, 0.1) is 30.8 Å². The van der Waals surface area contributed by atoms with Crippen molar-refractivity contribution in [2.24, 2.45) is 20.9 Å². The molecule has 9 heteroatoms. The van der Waals surface area contributed by atoms with E-state index in [4.69, 9.17) is 29.4 Å². The van der Waals surface area contributed by atoms with E-state index < -0.39 is 0 Å². The number of hydrogen-bond donors (Lipinski definition) is 0. The fourth-order valence-electron chi connectivity index (χ4n) is 5.32. The average Bonchev–Trinajstić information content (AvgIpc) is 3.57. The maximum atomic E-state index is 6.17. The first kappa shape index (κ1) is 32.9. The Kier molecular flexibility index (Phi) is 11.7. The van der Waals surface area contributed by atoms with Crippen LogP contribution < -0.4 is 14.4 Å². The Labute approximate surface area is 263 Å². The molecule has 0 aliphatic carbocycles. The zero-order valence-electron chi connectivity index (χ0n) is 27.9. The Morgan fingerprint density at radius 2 is 1.70 bits per heavy atom. The third-order valence-electron chi connectivity index (χ3n) is 7.58. The zero-order chi connectivity index (χ0) is 31.6. The summed E-state index contributed by atoms with van der Waals surface area (Å²) in [6.45, 7) is 17.3. The normalized spacial score (nSPS) is 13.9. The van der Waals surface area contributed by atoms with E-state index >= 15 is 0 Å². The quantitative estimate of drug-likeness (QED) is 0.166. The second-order valence-corrected chi connectivity index (χ2v) is 11.8. The molecule has 0 unspecified atom stereocenters. The molecule has 0 saturated heterocycles. The van der Waals surface area contributed by atoms with E-state index in [1.54, 1.807) is 11.8 Å². The summed E-state index contributed by atoms with van der Waals surface area (Å²) in [4.78, 5) is 22.1.